The van der Waals surface area contributed by atoms with Crippen LogP contribution in [0.2, 0.25) is 5.02 Å². The molecule has 3 rings (SSSR count). The lowest BCUT2D eigenvalue weighted by Gasteiger charge is -2.27. The number of alkyl halides is 3. The molecule has 0 atom stereocenters. The number of morpholine rings is 1. The van der Waals surface area contributed by atoms with Crippen LogP contribution >= 0.6 is 11.6 Å². The average molecular weight is 404 g/mol. The molecule has 1 aromatic carbocycles. The third-order valence-corrected chi connectivity index (χ3v) is 4.16. The molecule has 8 nitrogen and oxygen atoms in total. The van der Waals surface area contributed by atoms with E-state index < -0.39 is 27.4 Å². The van der Waals surface area contributed by atoms with E-state index in [2.05, 4.69) is 15.3 Å². The summed E-state index contributed by atoms with van der Waals surface area (Å²) in [6.45, 7) is 1.57. The molecule has 1 aliphatic heterocycles. The second kappa shape index (κ2) is 7.53. The van der Waals surface area contributed by atoms with E-state index in [-0.39, 0.29) is 17.3 Å². The van der Waals surface area contributed by atoms with E-state index in [9.17, 15) is 23.3 Å². The maximum atomic E-state index is 13.0. The van der Waals surface area contributed by atoms with Crippen molar-refractivity contribution >= 4 is 34.6 Å². The molecule has 0 saturated carbocycles. The molecular weight excluding hydrogens is 391 g/mol. The topological polar surface area (TPSA) is 93.4 Å². The number of ether oxygens (including phenoxy) is 1. The van der Waals surface area contributed by atoms with E-state index in [1.807, 2.05) is 0 Å². The fraction of sp³-hybridized carbons (Fsp3) is 0.333. The van der Waals surface area contributed by atoms with Gasteiger partial charge in [0, 0.05) is 18.8 Å². The largest absolute Gasteiger partial charge is 0.417 e. The van der Waals surface area contributed by atoms with Gasteiger partial charge in [-0.05, 0) is 18.2 Å². The van der Waals surface area contributed by atoms with Crippen molar-refractivity contribution in [1.29, 1.82) is 0 Å². The first-order chi connectivity index (χ1) is 12.8. The molecule has 1 N–H and O–H groups in total. The van der Waals surface area contributed by atoms with E-state index in [1.165, 1.54) is 6.07 Å². The minimum Gasteiger partial charge on any atom is -0.378 e. The van der Waals surface area contributed by atoms with Crippen LogP contribution < -0.4 is 10.2 Å². The number of nitrogens with one attached hydrogen (secondary N) is 1. The monoisotopic (exact) mass is 403 g/mol. The van der Waals surface area contributed by atoms with E-state index in [0.717, 1.165) is 18.5 Å². The quantitative estimate of drug-likeness (QED) is 0.615. The summed E-state index contributed by atoms with van der Waals surface area (Å²) in [5.41, 5.74) is -1.52. The van der Waals surface area contributed by atoms with Gasteiger partial charge in [0.15, 0.2) is 0 Å². The van der Waals surface area contributed by atoms with Gasteiger partial charge in [-0.1, -0.05) is 11.6 Å². The van der Waals surface area contributed by atoms with Crippen LogP contribution in [0.3, 0.4) is 0 Å². The first kappa shape index (κ1) is 19.1. The van der Waals surface area contributed by atoms with Crippen molar-refractivity contribution in [1.82, 2.24) is 9.97 Å². The Bertz CT molecular complexity index is 859. The van der Waals surface area contributed by atoms with Gasteiger partial charge in [-0.2, -0.15) is 13.2 Å². The van der Waals surface area contributed by atoms with Gasteiger partial charge in [-0.15, -0.1) is 0 Å². The standard InChI is InChI=1S/C15H13ClF3N5O3/c16-11-2-1-9(7-10(11)15(17,18)19)22-13-12(24(25)26)14(21-8-20-13)23-3-5-27-6-4-23/h1-2,7-8H,3-6H2,(H,20,21,22). The Labute approximate surface area is 156 Å². The summed E-state index contributed by atoms with van der Waals surface area (Å²) >= 11 is 5.59. The SMILES string of the molecule is O=[N+]([O-])c1c(Nc2ccc(Cl)c(C(F)(F)F)c2)ncnc1N1CCOCC1. The van der Waals surface area contributed by atoms with Crippen molar-refractivity contribution in [3.8, 4) is 0 Å². The highest BCUT2D eigenvalue weighted by molar-refractivity contribution is 6.31. The number of hydrogen-bond acceptors (Lipinski definition) is 7. The van der Waals surface area contributed by atoms with Crippen LogP contribution in [-0.2, 0) is 10.9 Å². The van der Waals surface area contributed by atoms with Gasteiger partial charge >= 0.3 is 11.9 Å². The molecule has 27 heavy (non-hydrogen) atoms. The van der Waals surface area contributed by atoms with Crippen LogP contribution in [0.4, 0.5) is 36.2 Å². The van der Waals surface area contributed by atoms with E-state index in [4.69, 9.17) is 16.3 Å². The molecule has 1 fully saturated rings. The van der Waals surface area contributed by atoms with E-state index in [0.29, 0.717) is 26.3 Å². The fourth-order valence-corrected chi connectivity index (χ4v) is 2.82. The molecule has 1 saturated heterocycles. The molecule has 0 aliphatic carbocycles. The van der Waals surface area contributed by atoms with Crippen molar-refractivity contribution < 1.29 is 22.8 Å². The van der Waals surface area contributed by atoms with Gasteiger partial charge in [-0.25, -0.2) is 9.97 Å². The summed E-state index contributed by atoms with van der Waals surface area (Å²) in [4.78, 5) is 20.4. The molecule has 2 aromatic rings. The molecule has 1 aromatic heterocycles. The highest BCUT2D eigenvalue weighted by atomic mass is 35.5. The summed E-state index contributed by atoms with van der Waals surface area (Å²) in [6.07, 6.45) is -3.55. The molecule has 0 bridgehead atoms. The Morgan fingerprint density at radius 3 is 2.59 bits per heavy atom. The molecule has 1 aliphatic rings. The summed E-state index contributed by atoms with van der Waals surface area (Å²) in [5.74, 6) is -0.141. The number of benzene rings is 1. The Morgan fingerprint density at radius 1 is 1.26 bits per heavy atom. The smallest absolute Gasteiger partial charge is 0.378 e. The molecule has 0 radical (unpaired) electrons. The third-order valence-electron chi connectivity index (χ3n) is 3.83. The number of anilines is 3. The highest BCUT2D eigenvalue weighted by Gasteiger charge is 2.34. The minimum atomic E-state index is -4.66. The summed E-state index contributed by atoms with van der Waals surface area (Å²) in [5, 5.41) is 13.7. The molecular formula is C15H13ClF3N5O3. The maximum Gasteiger partial charge on any atom is 0.417 e. The number of aromatic nitrogens is 2. The van der Waals surface area contributed by atoms with Crippen molar-refractivity contribution in [2.45, 2.75) is 6.18 Å². The van der Waals surface area contributed by atoms with Crippen LogP contribution in [-0.4, -0.2) is 41.2 Å². The fourth-order valence-electron chi connectivity index (χ4n) is 2.59. The van der Waals surface area contributed by atoms with Crippen molar-refractivity contribution in [2.75, 3.05) is 36.5 Å². The van der Waals surface area contributed by atoms with Crippen LogP contribution in [0.5, 0.6) is 0 Å². The van der Waals surface area contributed by atoms with Crippen LogP contribution in [0.15, 0.2) is 24.5 Å². The molecule has 2 heterocycles. The molecule has 0 spiro atoms. The Morgan fingerprint density at radius 2 is 1.96 bits per heavy atom. The Balaban J connectivity index is 1.99. The van der Waals surface area contributed by atoms with Crippen LogP contribution in [0.1, 0.15) is 5.56 Å². The lowest BCUT2D eigenvalue weighted by atomic mass is 10.2. The summed E-state index contributed by atoms with van der Waals surface area (Å²) in [7, 11) is 0. The first-order valence-corrected chi connectivity index (χ1v) is 8.11. The predicted molar refractivity (Wildman–Crippen MR) is 91.5 cm³/mol. The number of hydrogen-bond donors (Lipinski definition) is 1. The molecule has 12 heteroatoms. The summed E-state index contributed by atoms with van der Waals surface area (Å²) in [6, 6.07) is 3.10. The van der Waals surface area contributed by atoms with Crippen LogP contribution in [0, 0.1) is 10.1 Å². The third kappa shape index (κ3) is 4.19. The van der Waals surface area contributed by atoms with Crippen LogP contribution in [0.25, 0.3) is 0 Å². The number of nitrogens with zero attached hydrogens (tertiary/aromatic N) is 4. The number of rotatable bonds is 4. The van der Waals surface area contributed by atoms with Crippen molar-refractivity contribution in [2.24, 2.45) is 0 Å². The van der Waals surface area contributed by atoms with Gasteiger partial charge in [0.25, 0.3) is 0 Å². The zero-order valence-electron chi connectivity index (χ0n) is 13.7. The number of nitro groups is 1. The first-order valence-electron chi connectivity index (χ1n) is 7.73. The van der Waals surface area contributed by atoms with Gasteiger partial charge in [0.1, 0.15) is 6.33 Å². The van der Waals surface area contributed by atoms with E-state index >= 15 is 0 Å². The van der Waals surface area contributed by atoms with Gasteiger partial charge in [0.05, 0.1) is 28.7 Å². The second-order valence-corrected chi connectivity index (χ2v) is 5.98. The zero-order valence-corrected chi connectivity index (χ0v) is 14.4. The molecule has 0 amide bonds. The lowest BCUT2D eigenvalue weighted by molar-refractivity contribution is -0.383. The Hall–Kier alpha value is -2.66. The van der Waals surface area contributed by atoms with Crippen molar-refractivity contribution in [3.63, 3.8) is 0 Å². The predicted octanol–water partition coefficient (Wildman–Crippen LogP) is 3.64. The molecule has 144 valence electrons. The normalized spacial score (nSPS) is 14.9. The minimum absolute atomic E-state index is 0.0403. The average Bonchev–Trinajstić information content (AvgIpc) is 2.62. The van der Waals surface area contributed by atoms with Crippen molar-refractivity contribution in [3.05, 3.63) is 45.2 Å². The van der Waals surface area contributed by atoms with Gasteiger partial charge < -0.3 is 15.0 Å². The van der Waals surface area contributed by atoms with E-state index in [1.54, 1.807) is 4.90 Å². The molecule has 0 unspecified atom stereocenters. The maximum absolute atomic E-state index is 13.0. The zero-order chi connectivity index (χ0) is 19.6. The Kier molecular flexibility index (Phi) is 5.33. The lowest BCUT2D eigenvalue weighted by Crippen LogP contribution is -2.37. The summed E-state index contributed by atoms with van der Waals surface area (Å²) < 4.78 is 44.3. The number of halogens is 4. The highest BCUT2D eigenvalue weighted by Crippen LogP contribution is 2.38. The van der Waals surface area contributed by atoms with Gasteiger partial charge in [-0.3, -0.25) is 10.1 Å². The second-order valence-electron chi connectivity index (χ2n) is 5.57. The van der Waals surface area contributed by atoms with Gasteiger partial charge in [0.2, 0.25) is 11.6 Å².